The number of ether oxygens (including phenoxy) is 2. The lowest BCUT2D eigenvalue weighted by atomic mass is 10.2. The van der Waals surface area contributed by atoms with Gasteiger partial charge in [-0.1, -0.05) is 25.5 Å². The maximum Gasteiger partial charge on any atom is 0.175 e. The first kappa shape index (κ1) is 22.7. The van der Waals surface area contributed by atoms with Crippen LogP contribution in [0.2, 0.25) is 0 Å². The van der Waals surface area contributed by atoms with E-state index in [0.717, 1.165) is 28.7 Å². The van der Waals surface area contributed by atoms with Crippen molar-refractivity contribution >= 4 is 28.3 Å². The van der Waals surface area contributed by atoms with Gasteiger partial charge in [0.2, 0.25) is 0 Å². The van der Waals surface area contributed by atoms with E-state index in [1.54, 1.807) is 12.1 Å². The molecule has 0 aromatic heterocycles. The second-order valence-corrected chi connectivity index (χ2v) is 6.64. The van der Waals surface area contributed by atoms with E-state index in [9.17, 15) is 4.39 Å². The Bertz CT molecular complexity index is 668. The predicted octanol–water partition coefficient (Wildman–Crippen LogP) is 5.88. The van der Waals surface area contributed by atoms with Crippen LogP contribution in [-0.4, -0.2) is 13.2 Å². The van der Waals surface area contributed by atoms with E-state index in [-0.39, 0.29) is 18.2 Å². The second kappa shape index (κ2) is 12.2. The molecule has 0 radical (unpaired) electrons. The van der Waals surface area contributed by atoms with E-state index in [0.29, 0.717) is 24.7 Å². The van der Waals surface area contributed by atoms with Gasteiger partial charge in [0.1, 0.15) is 12.4 Å². The highest BCUT2D eigenvalue weighted by Crippen LogP contribution is 2.37. The molecule has 0 heterocycles. The molecule has 0 aliphatic carbocycles. The van der Waals surface area contributed by atoms with Crippen LogP contribution in [0.1, 0.15) is 37.8 Å². The number of hydrogen-bond acceptors (Lipinski definition) is 3. The van der Waals surface area contributed by atoms with E-state index in [1.807, 2.05) is 19.1 Å². The molecule has 0 atom stereocenters. The summed E-state index contributed by atoms with van der Waals surface area (Å²) in [5, 5.41) is 3.43. The minimum absolute atomic E-state index is 0. The Morgan fingerprint density at radius 3 is 2.42 bits per heavy atom. The van der Waals surface area contributed by atoms with E-state index < -0.39 is 0 Å². The molecule has 144 valence electrons. The van der Waals surface area contributed by atoms with Gasteiger partial charge < -0.3 is 14.8 Å². The van der Waals surface area contributed by atoms with Gasteiger partial charge in [0.05, 0.1) is 11.1 Å². The lowest BCUT2D eigenvalue weighted by Gasteiger charge is -2.16. The van der Waals surface area contributed by atoms with Gasteiger partial charge in [-0.15, -0.1) is 12.4 Å². The number of benzene rings is 2. The summed E-state index contributed by atoms with van der Waals surface area (Å²) in [5.74, 6) is 1.13. The Labute approximate surface area is 169 Å². The maximum atomic E-state index is 13.0. The summed E-state index contributed by atoms with van der Waals surface area (Å²) in [7, 11) is 0. The highest BCUT2D eigenvalue weighted by Gasteiger charge is 2.12. The summed E-state index contributed by atoms with van der Waals surface area (Å²) in [5.41, 5.74) is 2.04. The molecule has 0 fully saturated rings. The van der Waals surface area contributed by atoms with E-state index in [4.69, 9.17) is 9.47 Å². The molecular formula is C20H26BrClFNO2. The van der Waals surface area contributed by atoms with Gasteiger partial charge in [-0.3, -0.25) is 0 Å². The molecule has 3 nitrogen and oxygen atoms in total. The van der Waals surface area contributed by atoms with Crippen LogP contribution < -0.4 is 14.8 Å². The Morgan fingerprint density at radius 2 is 1.77 bits per heavy atom. The van der Waals surface area contributed by atoms with Crippen molar-refractivity contribution in [3.8, 4) is 11.5 Å². The van der Waals surface area contributed by atoms with Gasteiger partial charge in [-0.05, 0) is 71.2 Å². The minimum Gasteiger partial charge on any atom is -0.490 e. The molecular weight excluding hydrogens is 421 g/mol. The number of rotatable bonds is 10. The van der Waals surface area contributed by atoms with Crippen LogP contribution in [0.15, 0.2) is 40.9 Å². The lowest BCUT2D eigenvalue weighted by molar-refractivity contribution is 0.267. The fourth-order valence-electron chi connectivity index (χ4n) is 2.40. The van der Waals surface area contributed by atoms with Gasteiger partial charge in [-0.25, -0.2) is 4.39 Å². The summed E-state index contributed by atoms with van der Waals surface area (Å²) >= 11 is 3.58. The monoisotopic (exact) mass is 445 g/mol. The maximum absolute atomic E-state index is 13.0. The van der Waals surface area contributed by atoms with E-state index >= 15 is 0 Å². The molecule has 0 aliphatic rings. The average Bonchev–Trinajstić information content (AvgIpc) is 2.60. The third-order valence-corrected chi connectivity index (χ3v) is 4.29. The second-order valence-electron chi connectivity index (χ2n) is 5.78. The summed E-state index contributed by atoms with van der Waals surface area (Å²) in [6, 6.07) is 10.4. The van der Waals surface area contributed by atoms with Crippen molar-refractivity contribution in [3.05, 3.63) is 57.8 Å². The van der Waals surface area contributed by atoms with Gasteiger partial charge in [0.15, 0.2) is 11.5 Å². The highest BCUT2D eigenvalue weighted by molar-refractivity contribution is 9.10. The largest absolute Gasteiger partial charge is 0.490 e. The Morgan fingerprint density at radius 1 is 1.04 bits per heavy atom. The molecule has 26 heavy (non-hydrogen) atoms. The SMILES string of the molecule is CCCCNCc1cc(Br)c(OCc2ccc(F)cc2)c(OCC)c1.Cl. The third-order valence-electron chi connectivity index (χ3n) is 3.70. The normalized spacial score (nSPS) is 10.3. The van der Waals surface area contributed by atoms with Crippen molar-refractivity contribution in [2.24, 2.45) is 0 Å². The zero-order chi connectivity index (χ0) is 18.1. The first-order valence-corrected chi connectivity index (χ1v) is 9.46. The van der Waals surface area contributed by atoms with E-state index in [1.165, 1.54) is 25.0 Å². The summed E-state index contributed by atoms with van der Waals surface area (Å²) in [6.07, 6.45) is 2.34. The number of unbranched alkanes of at least 4 members (excludes halogenated alkanes) is 1. The first-order chi connectivity index (χ1) is 12.1. The number of halogens is 3. The van der Waals surface area contributed by atoms with Gasteiger partial charge in [0, 0.05) is 6.54 Å². The van der Waals surface area contributed by atoms with Crippen LogP contribution >= 0.6 is 28.3 Å². The van der Waals surface area contributed by atoms with Crippen LogP contribution in [0, 0.1) is 5.82 Å². The molecule has 2 aromatic rings. The van der Waals surface area contributed by atoms with Crippen LogP contribution in [0.3, 0.4) is 0 Å². The quantitative estimate of drug-likeness (QED) is 0.462. The van der Waals surface area contributed by atoms with Crippen molar-refractivity contribution < 1.29 is 13.9 Å². The van der Waals surface area contributed by atoms with Crippen LogP contribution in [-0.2, 0) is 13.2 Å². The molecule has 2 rings (SSSR count). The van der Waals surface area contributed by atoms with Crippen molar-refractivity contribution in [2.45, 2.75) is 39.8 Å². The van der Waals surface area contributed by atoms with Gasteiger partial charge in [-0.2, -0.15) is 0 Å². The Hall–Kier alpha value is -1.30. The van der Waals surface area contributed by atoms with Crippen LogP contribution in [0.5, 0.6) is 11.5 Å². The minimum atomic E-state index is -0.250. The molecule has 0 amide bonds. The molecule has 0 saturated carbocycles. The van der Waals surface area contributed by atoms with E-state index in [2.05, 4.69) is 28.2 Å². The zero-order valence-electron chi connectivity index (χ0n) is 15.2. The highest BCUT2D eigenvalue weighted by atomic mass is 79.9. The first-order valence-electron chi connectivity index (χ1n) is 8.67. The predicted molar refractivity (Wildman–Crippen MR) is 110 cm³/mol. The van der Waals surface area contributed by atoms with Gasteiger partial charge >= 0.3 is 0 Å². The summed E-state index contributed by atoms with van der Waals surface area (Å²) in [6.45, 7) is 6.83. The fourth-order valence-corrected chi connectivity index (χ4v) is 3.00. The Kier molecular flexibility index (Phi) is 10.6. The fraction of sp³-hybridized carbons (Fsp3) is 0.400. The zero-order valence-corrected chi connectivity index (χ0v) is 17.6. The molecule has 1 N–H and O–H groups in total. The van der Waals surface area contributed by atoms with Crippen LogP contribution in [0.25, 0.3) is 0 Å². The van der Waals surface area contributed by atoms with Crippen molar-refractivity contribution in [1.29, 1.82) is 0 Å². The summed E-state index contributed by atoms with van der Waals surface area (Å²) < 4.78 is 25.5. The molecule has 0 saturated heterocycles. The molecule has 2 aromatic carbocycles. The lowest BCUT2D eigenvalue weighted by Crippen LogP contribution is -2.14. The average molecular weight is 447 g/mol. The Balaban J connectivity index is 0.00000338. The van der Waals surface area contributed by atoms with Gasteiger partial charge in [0.25, 0.3) is 0 Å². The molecule has 0 unspecified atom stereocenters. The summed E-state index contributed by atoms with van der Waals surface area (Å²) in [4.78, 5) is 0. The third kappa shape index (κ3) is 7.14. The van der Waals surface area contributed by atoms with Crippen molar-refractivity contribution in [3.63, 3.8) is 0 Å². The standard InChI is InChI=1S/C20H25BrFNO2.ClH/c1-3-5-10-23-13-16-11-18(21)20(19(12-16)24-4-2)25-14-15-6-8-17(22)9-7-15;/h6-9,11-12,23H,3-5,10,13-14H2,1-2H3;1H. The molecule has 6 heteroatoms. The van der Waals surface area contributed by atoms with Crippen molar-refractivity contribution in [2.75, 3.05) is 13.2 Å². The molecule has 0 bridgehead atoms. The number of hydrogen-bond donors (Lipinski definition) is 1. The molecule has 0 spiro atoms. The molecule has 0 aliphatic heterocycles. The number of nitrogens with one attached hydrogen (secondary N) is 1. The van der Waals surface area contributed by atoms with Crippen molar-refractivity contribution in [1.82, 2.24) is 5.32 Å². The van der Waals surface area contributed by atoms with Crippen LogP contribution in [0.4, 0.5) is 4.39 Å². The topological polar surface area (TPSA) is 30.5 Å². The smallest absolute Gasteiger partial charge is 0.175 e.